The van der Waals surface area contributed by atoms with Gasteiger partial charge in [0.25, 0.3) is 0 Å². The maximum atomic E-state index is 5.17. The van der Waals surface area contributed by atoms with Crippen molar-refractivity contribution in [2.24, 2.45) is 4.99 Å². The maximum Gasteiger partial charge on any atom is 0.191 e. The largest absolute Gasteiger partial charge is 0.497 e. The van der Waals surface area contributed by atoms with Gasteiger partial charge in [-0.2, -0.15) is 10.2 Å². The summed E-state index contributed by atoms with van der Waals surface area (Å²) in [5.41, 5.74) is 0.930. The Bertz CT molecular complexity index is 839. The topological polar surface area (TPSA) is 105 Å². The second-order valence-corrected chi connectivity index (χ2v) is 5.81. The summed E-state index contributed by atoms with van der Waals surface area (Å²) in [4.78, 5) is 8.73. The van der Waals surface area contributed by atoms with Crippen molar-refractivity contribution in [2.75, 3.05) is 20.7 Å². The number of ether oxygens (including phenoxy) is 1. The van der Waals surface area contributed by atoms with Gasteiger partial charge in [-0.15, -0.1) is 0 Å². The highest BCUT2D eigenvalue weighted by atomic mass is 16.5. The average Bonchev–Trinajstić information content (AvgIpc) is 3.39. The van der Waals surface area contributed by atoms with Gasteiger partial charge in [-0.05, 0) is 36.8 Å². The van der Waals surface area contributed by atoms with Gasteiger partial charge in [-0.3, -0.25) is 14.8 Å². The number of guanidine groups is 1. The van der Waals surface area contributed by atoms with Crippen LogP contribution in [0.25, 0.3) is 11.4 Å². The van der Waals surface area contributed by atoms with E-state index in [-0.39, 0.29) is 0 Å². The summed E-state index contributed by atoms with van der Waals surface area (Å²) < 4.78 is 7.08. The van der Waals surface area contributed by atoms with Crippen molar-refractivity contribution in [2.45, 2.75) is 19.5 Å². The predicted molar refractivity (Wildman–Crippen MR) is 103 cm³/mol. The number of H-pyrrole nitrogens is 1. The number of hydrogen-bond acceptors (Lipinski definition) is 5. The number of aromatic amines is 1. The van der Waals surface area contributed by atoms with Crippen molar-refractivity contribution in [1.82, 2.24) is 35.6 Å². The molecule has 0 aliphatic rings. The van der Waals surface area contributed by atoms with Gasteiger partial charge < -0.3 is 15.4 Å². The summed E-state index contributed by atoms with van der Waals surface area (Å²) in [6.07, 6.45) is 4.69. The van der Waals surface area contributed by atoms with E-state index in [1.54, 1.807) is 20.4 Å². The molecule has 0 amide bonds. The number of aromatic nitrogens is 5. The maximum absolute atomic E-state index is 5.17. The molecule has 0 fully saturated rings. The fourth-order valence-electron chi connectivity index (χ4n) is 2.51. The van der Waals surface area contributed by atoms with Gasteiger partial charge in [0.2, 0.25) is 0 Å². The molecule has 0 aliphatic heterocycles. The van der Waals surface area contributed by atoms with Gasteiger partial charge in [0.1, 0.15) is 11.6 Å². The summed E-state index contributed by atoms with van der Waals surface area (Å²) in [6.45, 7) is 2.17. The first-order valence-electron chi connectivity index (χ1n) is 8.76. The molecule has 0 atom stereocenters. The highest BCUT2D eigenvalue weighted by Crippen LogP contribution is 2.18. The van der Waals surface area contributed by atoms with Crippen LogP contribution in [0.4, 0.5) is 0 Å². The molecule has 9 nitrogen and oxygen atoms in total. The van der Waals surface area contributed by atoms with Crippen molar-refractivity contribution in [3.05, 3.63) is 48.5 Å². The average molecular weight is 368 g/mol. The smallest absolute Gasteiger partial charge is 0.191 e. The van der Waals surface area contributed by atoms with Crippen molar-refractivity contribution < 1.29 is 4.74 Å². The van der Waals surface area contributed by atoms with Crippen LogP contribution in [0, 0.1) is 0 Å². The van der Waals surface area contributed by atoms with E-state index < -0.39 is 0 Å². The molecule has 9 heteroatoms. The zero-order valence-corrected chi connectivity index (χ0v) is 15.5. The third-order valence-electron chi connectivity index (χ3n) is 3.94. The lowest BCUT2D eigenvalue weighted by Crippen LogP contribution is -2.37. The van der Waals surface area contributed by atoms with Crippen LogP contribution in [0.2, 0.25) is 0 Å². The number of hydrogen-bond donors (Lipinski definition) is 3. The molecule has 0 unspecified atom stereocenters. The quantitative estimate of drug-likeness (QED) is 0.316. The molecule has 0 spiro atoms. The van der Waals surface area contributed by atoms with Crippen molar-refractivity contribution >= 4 is 5.96 Å². The molecule has 0 saturated heterocycles. The number of benzene rings is 1. The van der Waals surface area contributed by atoms with Crippen LogP contribution >= 0.6 is 0 Å². The Hall–Kier alpha value is -3.36. The number of aryl methyl sites for hydroxylation is 1. The van der Waals surface area contributed by atoms with Crippen LogP contribution in [0.15, 0.2) is 47.7 Å². The third kappa shape index (κ3) is 5.30. The van der Waals surface area contributed by atoms with Crippen LogP contribution in [0.1, 0.15) is 12.2 Å². The fraction of sp³-hybridized carbons (Fsp3) is 0.333. The van der Waals surface area contributed by atoms with E-state index in [1.807, 2.05) is 41.2 Å². The summed E-state index contributed by atoms with van der Waals surface area (Å²) in [7, 11) is 3.38. The van der Waals surface area contributed by atoms with Gasteiger partial charge in [-0.1, -0.05) is 0 Å². The molecular weight excluding hydrogens is 344 g/mol. The molecule has 0 aliphatic carbocycles. The molecule has 142 valence electrons. The van der Waals surface area contributed by atoms with Crippen LogP contribution < -0.4 is 15.4 Å². The molecule has 0 bridgehead atoms. The summed E-state index contributed by atoms with van der Waals surface area (Å²) in [5, 5.41) is 17.9. The monoisotopic (exact) mass is 368 g/mol. The van der Waals surface area contributed by atoms with Gasteiger partial charge >= 0.3 is 0 Å². The van der Waals surface area contributed by atoms with E-state index in [1.165, 1.54) is 0 Å². The van der Waals surface area contributed by atoms with Crippen LogP contribution in [-0.2, 0) is 13.1 Å². The highest BCUT2D eigenvalue weighted by Gasteiger charge is 2.07. The summed E-state index contributed by atoms with van der Waals surface area (Å²) >= 11 is 0. The van der Waals surface area contributed by atoms with Crippen LogP contribution in [0.5, 0.6) is 5.75 Å². The minimum absolute atomic E-state index is 0.502. The molecule has 2 aromatic heterocycles. The minimum atomic E-state index is 0.502. The fourth-order valence-corrected chi connectivity index (χ4v) is 2.51. The summed E-state index contributed by atoms with van der Waals surface area (Å²) in [5.74, 6) is 2.91. The van der Waals surface area contributed by atoms with E-state index in [9.17, 15) is 0 Å². The van der Waals surface area contributed by atoms with Gasteiger partial charge in [0, 0.05) is 38.1 Å². The molecule has 2 heterocycles. The standard InChI is InChI=1S/C18H24N8O/c1-19-18(20-9-3-11-26-12-4-10-22-26)21-13-16-23-17(25-24-16)14-5-7-15(27-2)8-6-14/h4-8,10,12H,3,9,11,13H2,1-2H3,(H2,19,20,21)(H,23,24,25). The number of methoxy groups -OCH3 is 1. The van der Waals surface area contributed by atoms with E-state index in [0.717, 1.165) is 42.6 Å². The van der Waals surface area contributed by atoms with Crippen molar-refractivity contribution in [3.8, 4) is 17.1 Å². The lowest BCUT2D eigenvalue weighted by Gasteiger charge is -2.10. The van der Waals surface area contributed by atoms with Crippen molar-refractivity contribution in [3.63, 3.8) is 0 Å². The second-order valence-electron chi connectivity index (χ2n) is 5.81. The molecule has 3 aromatic rings. The Morgan fingerprint density at radius 3 is 2.81 bits per heavy atom. The SMILES string of the molecule is CN=C(NCCCn1cccn1)NCc1nc(-c2ccc(OC)cc2)n[nH]1. The lowest BCUT2D eigenvalue weighted by molar-refractivity contribution is 0.415. The molecule has 3 rings (SSSR count). The zero-order valence-electron chi connectivity index (χ0n) is 15.5. The molecule has 27 heavy (non-hydrogen) atoms. The first-order valence-corrected chi connectivity index (χ1v) is 8.76. The number of aliphatic imine (C=N–C) groups is 1. The minimum Gasteiger partial charge on any atom is -0.497 e. The second kappa shape index (κ2) is 9.37. The Kier molecular flexibility index (Phi) is 6.40. The Morgan fingerprint density at radius 2 is 2.11 bits per heavy atom. The number of rotatable bonds is 8. The first kappa shape index (κ1) is 18.4. The van der Waals surface area contributed by atoms with Crippen molar-refractivity contribution in [1.29, 1.82) is 0 Å². The van der Waals surface area contributed by atoms with E-state index in [0.29, 0.717) is 12.4 Å². The molecule has 3 N–H and O–H groups in total. The third-order valence-corrected chi connectivity index (χ3v) is 3.94. The Labute approximate surface area is 157 Å². The Morgan fingerprint density at radius 1 is 1.26 bits per heavy atom. The number of nitrogens with zero attached hydrogens (tertiary/aromatic N) is 5. The molecule has 0 saturated carbocycles. The highest BCUT2D eigenvalue weighted by molar-refractivity contribution is 5.79. The van der Waals surface area contributed by atoms with E-state index in [4.69, 9.17) is 4.74 Å². The molecular formula is C18H24N8O. The van der Waals surface area contributed by atoms with Gasteiger partial charge in [0.05, 0.1) is 13.7 Å². The van der Waals surface area contributed by atoms with E-state index >= 15 is 0 Å². The molecule has 0 radical (unpaired) electrons. The number of nitrogens with one attached hydrogen (secondary N) is 3. The molecule has 1 aromatic carbocycles. The Balaban J connectivity index is 1.44. The zero-order chi connectivity index (χ0) is 18.9. The van der Waals surface area contributed by atoms with Crippen LogP contribution in [-0.4, -0.2) is 51.6 Å². The van der Waals surface area contributed by atoms with Gasteiger partial charge in [0.15, 0.2) is 11.8 Å². The summed E-state index contributed by atoms with van der Waals surface area (Å²) in [6, 6.07) is 9.56. The van der Waals surface area contributed by atoms with Crippen LogP contribution in [0.3, 0.4) is 0 Å². The predicted octanol–water partition coefficient (Wildman–Crippen LogP) is 1.43. The van der Waals surface area contributed by atoms with E-state index in [2.05, 4.69) is 35.9 Å². The normalized spacial score (nSPS) is 11.4. The first-order chi connectivity index (χ1) is 13.3. The lowest BCUT2D eigenvalue weighted by atomic mass is 10.2. The van der Waals surface area contributed by atoms with Gasteiger partial charge in [-0.25, -0.2) is 4.98 Å².